The van der Waals surface area contributed by atoms with Gasteiger partial charge < -0.3 is 14.8 Å². The molecule has 1 aromatic heterocycles. The highest BCUT2D eigenvalue weighted by atomic mass is 35.5. The topological polar surface area (TPSA) is 64.6 Å². The van der Waals surface area contributed by atoms with Gasteiger partial charge in [0.2, 0.25) is 0 Å². The van der Waals surface area contributed by atoms with E-state index in [0.717, 1.165) is 5.56 Å². The minimum Gasteiger partial charge on any atom is -0.497 e. The largest absolute Gasteiger partial charge is 0.497 e. The van der Waals surface area contributed by atoms with Gasteiger partial charge in [-0.2, -0.15) is 0 Å². The fraction of sp³-hybridized carbons (Fsp3) is 0.100. The molecule has 0 saturated heterocycles. The van der Waals surface area contributed by atoms with Crippen LogP contribution in [0.25, 0.3) is 11.1 Å². The van der Waals surface area contributed by atoms with Crippen LogP contribution in [0.4, 0.5) is 5.00 Å². The van der Waals surface area contributed by atoms with Crippen LogP contribution in [0.5, 0.6) is 5.75 Å². The summed E-state index contributed by atoms with van der Waals surface area (Å²) in [4.78, 5) is 24.9. The Labute approximate surface area is 165 Å². The Balaban J connectivity index is 1.95. The van der Waals surface area contributed by atoms with E-state index in [0.29, 0.717) is 32.5 Å². The fourth-order valence-corrected chi connectivity index (χ4v) is 3.59. The summed E-state index contributed by atoms with van der Waals surface area (Å²) in [7, 11) is 2.90. The first-order valence-corrected chi connectivity index (χ1v) is 9.20. The number of halogens is 1. The average Bonchev–Trinajstić information content (AvgIpc) is 3.11. The van der Waals surface area contributed by atoms with Gasteiger partial charge in [-0.3, -0.25) is 4.79 Å². The van der Waals surface area contributed by atoms with Gasteiger partial charge in [0.25, 0.3) is 5.91 Å². The molecule has 3 rings (SSSR count). The van der Waals surface area contributed by atoms with Crippen molar-refractivity contribution in [1.29, 1.82) is 0 Å². The predicted octanol–water partition coefficient (Wildman–Crippen LogP) is 5.12. The number of carbonyl (C=O) groups is 2. The summed E-state index contributed by atoms with van der Waals surface area (Å²) in [6.07, 6.45) is 0. The van der Waals surface area contributed by atoms with Crippen molar-refractivity contribution >= 4 is 39.8 Å². The Kier molecular flexibility index (Phi) is 5.78. The summed E-state index contributed by atoms with van der Waals surface area (Å²) in [5.74, 6) is -0.140. The SMILES string of the molecule is COC(=O)c1c(-c2ccc(OC)cc2)csc1NC(=O)c1ccc(Cl)cc1. The first kappa shape index (κ1) is 18.9. The number of amides is 1. The molecule has 0 atom stereocenters. The zero-order valence-electron chi connectivity index (χ0n) is 14.6. The van der Waals surface area contributed by atoms with E-state index < -0.39 is 5.97 Å². The molecule has 2 aromatic carbocycles. The van der Waals surface area contributed by atoms with Crippen molar-refractivity contribution in [2.45, 2.75) is 0 Å². The van der Waals surface area contributed by atoms with Crippen LogP contribution in [-0.4, -0.2) is 26.1 Å². The van der Waals surface area contributed by atoms with Gasteiger partial charge >= 0.3 is 5.97 Å². The Hall–Kier alpha value is -2.83. The number of benzene rings is 2. The molecule has 0 unspecified atom stereocenters. The number of methoxy groups -OCH3 is 2. The molecule has 1 N–H and O–H groups in total. The van der Waals surface area contributed by atoms with Crippen LogP contribution in [0.3, 0.4) is 0 Å². The van der Waals surface area contributed by atoms with E-state index in [1.54, 1.807) is 43.5 Å². The van der Waals surface area contributed by atoms with Gasteiger partial charge in [0.1, 0.15) is 16.3 Å². The standard InChI is InChI=1S/C20H16ClNO4S/c1-25-15-9-5-12(6-10-15)16-11-27-19(17(16)20(24)26-2)22-18(23)13-3-7-14(21)8-4-13/h3-11H,1-2H3,(H,22,23). The second-order valence-electron chi connectivity index (χ2n) is 5.53. The van der Waals surface area contributed by atoms with E-state index in [1.807, 2.05) is 17.5 Å². The van der Waals surface area contributed by atoms with Gasteiger partial charge in [0, 0.05) is 21.5 Å². The monoisotopic (exact) mass is 401 g/mol. The maximum atomic E-state index is 12.5. The summed E-state index contributed by atoms with van der Waals surface area (Å²) in [6, 6.07) is 13.8. The number of anilines is 1. The molecular formula is C20H16ClNO4S. The number of esters is 1. The molecule has 27 heavy (non-hydrogen) atoms. The molecule has 0 aliphatic carbocycles. The quantitative estimate of drug-likeness (QED) is 0.603. The highest BCUT2D eigenvalue weighted by molar-refractivity contribution is 7.15. The van der Waals surface area contributed by atoms with E-state index in [9.17, 15) is 9.59 Å². The van der Waals surface area contributed by atoms with Crippen molar-refractivity contribution in [2.75, 3.05) is 19.5 Å². The predicted molar refractivity (Wildman–Crippen MR) is 107 cm³/mol. The third-order valence-electron chi connectivity index (χ3n) is 3.92. The van der Waals surface area contributed by atoms with Crippen LogP contribution in [0.2, 0.25) is 5.02 Å². The normalized spacial score (nSPS) is 10.3. The molecule has 0 fully saturated rings. The van der Waals surface area contributed by atoms with Crippen LogP contribution in [0, 0.1) is 0 Å². The maximum Gasteiger partial charge on any atom is 0.341 e. The number of rotatable bonds is 5. The van der Waals surface area contributed by atoms with Crippen LogP contribution >= 0.6 is 22.9 Å². The van der Waals surface area contributed by atoms with E-state index in [-0.39, 0.29) is 5.91 Å². The summed E-state index contributed by atoms with van der Waals surface area (Å²) in [6.45, 7) is 0. The van der Waals surface area contributed by atoms with Crippen molar-refractivity contribution in [1.82, 2.24) is 0 Å². The number of ether oxygens (including phenoxy) is 2. The number of thiophene rings is 1. The molecule has 0 spiro atoms. The second-order valence-corrected chi connectivity index (χ2v) is 6.85. The molecule has 0 aliphatic rings. The van der Waals surface area contributed by atoms with Gasteiger partial charge in [-0.25, -0.2) is 4.79 Å². The molecule has 3 aromatic rings. The fourth-order valence-electron chi connectivity index (χ4n) is 2.51. The van der Waals surface area contributed by atoms with Gasteiger partial charge in [-0.15, -0.1) is 11.3 Å². The summed E-state index contributed by atoms with van der Waals surface area (Å²) in [5, 5.41) is 5.56. The zero-order chi connectivity index (χ0) is 19.4. The molecule has 7 heteroatoms. The Morgan fingerprint density at radius 1 is 1.00 bits per heavy atom. The smallest absolute Gasteiger partial charge is 0.341 e. The van der Waals surface area contributed by atoms with Crippen LogP contribution in [0.1, 0.15) is 20.7 Å². The first-order chi connectivity index (χ1) is 13.0. The zero-order valence-corrected chi connectivity index (χ0v) is 16.2. The van der Waals surface area contributed by atoms with Gasteiger partial charge in [-0.1, -0.05) is 23.7 Å². The van der Waals surface area contributed by atoms with Crippen LogP contribution < -0.4 is 10.1 Å². The lowest BCUT2D eigenvalue weighted by Crippen LogP contribution is -2.14. The third kappa shape index (κ3) is 4.13. The molecular weight excluding hydrogens is 386 g/mol. The lowest BCUT2D eigenvalue weighted by atomic mass is 10.0. The molecule has 0 aliphatic heterocycles. The van der Waals surface area contributed by atoms with E-state index >= 15 is 0 Å². The summed E-state index contributed by atoms with van der Waals surface area (Å²) >= 11 is 7.12. The lowest BCUT2D eigenvalue weighted by Gasteiger charge is -2.08. The number of hydrogen-bond acceptors (Lipinski definition) is 5. The number of hydrogen-bond donors (Lipinski definition) is 1. The van der Waals surface area contributed by atoms with Crippen molar-refractivity contribution in [3.05, 3.63) is 70.1 Å². The molecule has 0 saturated carbocycles. The van der Waals surface area contributed by atoms with Crippen molar-refractivity contribution in [3.8, 4) is 16.9 Å². The van der Waals surface area contributed by atoms with Crippen molar-refractivity contribution in [3.63, 3.8) is 0 Å². The summed E-state index contributed by atoms with van der Waals surface area (Å²) in [5.41, 5.74) is 2.25. The Bertz CT molecular complexity index is 965. The highest BCUT2D eigenvalue weighted by Crippen LogP contribution is 2.37. The lowest BCUT2D eigenvalue weighted by molar-refractivity contribution is 0.0603. The molecule has 138 valence electrons. The first-order valence-electron chi connectivity index (χ1n) is 7.94. The average molecular weight is 402 g/mol. The minimum absolute atomic E-state index is 0.315. The van der Waals surface area contributed by atoms with Crippen LogP contribution in [-0.2, 0) is 4.74 Å². The van der Waals surface area contributed by atoms with Crippen molar-refractivity contribution in [2.24, 2.45) is 0 Å². The second kappa shape index (κ2) is 8.24. The highest BCUT2D eigenvalue weighted by Gasteiger charge is 2.22. The van der Waals surface area contributed by atoms with Gasteiger partial charge in [0.15, 0.2) is 0 Å². The van der Waals surface area contributed by atoms with Gasteiger partial charge in [-0.05, 0) is 42.0 Å². The van der Waals surface area contributed by atoms with E-state index in [1.165, 1.54) is 18.4 Å². The van der Waals surface area contributed by atoms with E-state index in [4.69, 9.17) is 21.1 Å². The number of nitrogens with one attached hydrogen (secondary N) is 1. The minimum atomic E-state index is -0.520. The molecule has 1 amide bonds. The Morgan fingerprint density at radius 3 is 2.26 bits per heavy atom. The molecule has 0 radical (unpaired) electrons. The van der Waals surface area contributed by atoms with E-state index in [2.05, 4.69) is 5.32 Å². The van der Waals surface area contributed by atoms with Crippen molar-refractivity contribution < 1.29 is 19.1 Å². The molecule has 0 bridgehead atoms. The molecule has 5 nitrogen and oxygen atoms in total. The maximum absolute atomic E-state index is 12.5. The number of carbonyl (C=O) groups excluding carboxylic acids is 2. The molecule has 1 heterocycles. The van der Waals surface area contributed by atoms with Gasteiger partial charge in [0.05, 0.1) is 14.2 Å². The summed E-state index contributed by atoms with van der Waals surface area (Å²) < 4.78 is 10.1. The Morgan fingerprint density at radius 2 is 1.67 bits per heavy atom. The third-order valence-corrected chi connectivity index (χ3v) is 5.06. The van der Waals surface area contributed by atoms with Crippen LogP contribution in [0.15, 0.2) is 53.9 Å².